The molecule has 1 saturated carbocycles. The maximum Gasteiger partial charge on any atom is 0.228 e. The number of carbonyl (C=O) groups is 1. The van der Waals surface area contributed by atoms with Gasteiger partial charge in [0.15, 0.2) is 0 Å². The zero-order chi connectivity index (χ0) is 20.3. The predicted molar refractivity (Wildman–Crippen MR) is 109 cm³/mol. The van der Waals surface area contributed by atoms with E-state index in [9.17, 15) is 4.79 Å². The number of nitrogens with two attached hydrogens (primary N) is 2. The number of amides is 1. The Balaban J connectivity index is 0.000000706. The number of hydrogen-bond acceptors (Lipinski definition) is 7. The summed E-state index contributed by atoms with van der Waals surface area (Å²) < 4.78 is 0. The molecule has 3 aromatic heterocycles. The van der Waals surface area contributed by atoms with Crippen molar-refractivity contribution in [2.45, 2.75) is 26.7 Å². The van der Waals surface area contributed by atoms with Gasteiger partial charge in [0, 0.05) is 36.2 Å². The summed E-state index contributed by atoms with van der Waals surface area (Å²) in [5.74, 6) is 1.03. The van der Waals surface area contributed by atoms with Crippen molar-refractivity contribution < 1.29 is 4.79 Å². The zero-order valence-corrected chi connectivity index (χ0v) is 15.7. The van der Waals surface area contributed by atoms with Gasteiger partial charge in [-0.15, -0.1) is 0 Å². The molecule has 4 rings (SSSR count). The standard InChI is InChI=1S/C18H18N6O.C2H3N/c1-9-12(6-21-8-14(9)19)15-4-11-5-16(24-18(25)10-2-3-10)22-7-13(11)17(20)23-15;1-2-3/h4-8,10H,2-3,19H2,1H3,(H2,20,23)(H,22,24,25);1H3. The van der Waals surface area contributed by atoms with Crippen LogP contribution in [-0.4, -0.2) is 20.9 Å². The number of nitrogens with zero attached hydrogens (tertiary/aromatic N) is 4. The molecule has 5 N–H and O–H groups in total. The second-order valence-corrected chi connectivity index (χ2v) is 6.57. The van der Waals surface area contributed by atoms with Gasteiger partial charge >= 0.3 is 0 Å². The summed E-state index contributed by atoms with van der Waals surface area (Å²) in [6, 6.07) is 5.47. The predicted octanol–water partition coefficient (Wildman–Crippen LogP) is 3.04. The molecule has 28 heavy (non-hydrogen) atoms. The van der Waals surface area contributed by atoms with Crippen molar-refractivity contribution in [3.8, 4) is 17.3 Å². The van der Waals surface area contributed by atoms with Gasteiger partial charge in [0.2, 0.25) is 5.91 Å². The molecule has 8 nitrogen and oxygen atoms in total. The molecule has 3 heterocycles. The van der Waals surface area contributed by atoms with Crippen LogP contribution in [0.25, 0.3) is 22.0 Å². The van der Waals surface area contributed by atoms with Crippen LogP contribution in [0.4, 0.5) is 17.3 Å². The smallest absolute Gasteiger partial charge is 0.228 e. The number of aromatic nitrogens is 3. The second-order valence-electron chi connectivity index (χ2n) is 6.57. The first-order valence-corrected chi connectivity index (χ1v) is 8.83. The maximum absolute atomic E-state index is 11.9. The molecule has 1 aliphatic carbocycles. The summed E-state index contributed by atoms with van der Waals surface area (Å²) in [6.45, 7) is 3.35. The zero-order valence-electron chi connectivity index (χ0n) is 15.7. The third-order valence-corrected chi connectivity index (χ3v) is 4.47. The molecule has 0 atom stereocenters. The minimum atomic E-state index is 0.0185. The van der Waals surface area contributed by atoms with E-state index in [1.807, 2.05) is 19.1 Å². The van der Waals surface area contributed by atoms with Crippen molar-refractivity contribution in [2.75, 3.05) is 16.8 Å². The summed E-state index contributed by atoms with van der Waals surface area (Å²) in [6.07, 6.45) is 6.85. The molecule has 0 aliphatic heterocycles. The number of nitriles is 1. The van der Waals surface area contributed by atoms with E-state index in [0.717, 1.165) is 34.7 Å². The SMILES string of the molecule is CC#N.Cc1c(N)cncc1-c1cc2cc(NC(=O)C3CC3)ncc2c(N)n1. The Labute approximate surface area is 162 Å². The lowest BCUT2D eigenvalue weighted by atomic mass is 10.0. The molecule has 0 radical (unpaired) electrons. The lowest BCUT2D eigenvalue weighted by molar-refractivity contribution is -0.117. The minimum Gasteiger partial charge on any atom is -0.397 e. The van der Waals surface area contributed by atoms with Crippen LogP contribution in [0, 0.1) is 24.2 Å². The van der Waals surface area contributed by atoms with E-state index in [2.05, 4.69) is 20.3 Å². The number of rotatable bonds is 3. The van der Waals surface area contributed by atoms with Crippen molar-refractivity contribution in [2.24, 2.45) is 5.92 Å². The summed E-state index contributed by atoms with van der Waals surface area (Å²) >= 11 is 0. The van der Waals surface area contributed by atoms with Gasteiger partial charge < -0.3 is 16.8 Å². The normalized spacial score (nSPS) is 12.6. The van der Waals surface area contributed by atoms with Crippen molar-refractivity contribution in [3.63, 3.8) is 0 Å². The highest BCUT2D eigenvalue weighted by Gasteiger charge is 2.29. The molecular formula is C20H21N7O. The van der Waals surface area contributed by atoms with Gasteiger partial charge in [-0.2, -0.15) is 5.26 Å². The molecule has 0 aromatic carbocycles. The summed E-state index contributed by atoms with van der Waals surface area (Å²) in [4.78, 5) is 24.8. The van der Waals surface area contributed by atoms with E-state index >= 15 is 0 Å². The van der Waals surface area contributed by atoms with Crippen LogP contribution < -0.4 is 16.8 Å². The van der Waals surface area contributed by atoms with Crippen LogP contribution >= 0.6 is 0 Å². The lowest BCUT2D eigenvalue weighted by Gasteiger charge is -2.11. The Morgan fingerprint density at radius 1 is 1.25 bits per heavy atom. The minimum absolute atomic E-state index is 0.0185. The first-order chi connectivity index (χ1) is 13.4. The van der Waals surface area contributed by atoms with Crippen molar-refractivity contribution >= 4 is 34.0 Å². The number of pyridine rings is 3. The average molecular weight is 375 g/mol. The number of nitrogens with one attached hydrogen (secondary N) is 1. The quantitative estimate of drug-likeness (QED) is 0.638. The first-order valence-electron chi connectivity index (χ1n) is 8.83. The molecule has 8 heteroatoms. The van der Waals surface area contributed by atoms with Crippen molar-refractivity contribution in [1.29, 1.82) is 5.26 Å². The highest BCUT2D eigenvalue weighted by atomic mass is 16.2. The molecule has 1 amide bonds. The largest absolute Gasteiger partial charge is 0.397 e. The molecule has 1 fully saturated rings. The van der Waals surface area contributed by atoms with Gasteiger partial charge in [0.05, 0.1) is 23.6 Å². The van der Waals surface area contributed by atoms with Gasteiger partial charge in [-0.3, -0.25) is 9.78 Å². The average Bonchev–Trinajstić information content (AvgIpc) is 3.49. The van der Waals surface area contributed by atoms with E-state index in [4.69, 9.17) is 16.7 Å². The monoisotopic (exact) mass is 375 g/mol. The third kappa shape index (κ3) is 3.99. The van der Waals surface area contributed by atoms with Crippen LogP contribution in [0.3, 0.4) is 0 Å². The number of anilines is 3. The second kappa shape index (κ2) is 7.88. The third-order valence-electron chi connectivity index (χ3n) is 4.47. The Morgan fingerprint density at radius 2 is 1.96 bits per heavy atom. The van der Waals surface area contributed by atoms with Gasteiger partial charge in [-0.05, 0) is 42.8 Å². The molecule has 0 unspecified atom stereocenters. The molecule has 142 valence electrons. The van der Waals surface area contributed by atoms with Crippen LogP contribution in [0.5, 0.6) is 0 Å². The highest BCUT2D eigenvalue weighted by Crippen LogP contribution is 2.32. The molecule has 0 bridgehead atoms. The Morgan fingerprint density at radius 3 is 2.64 bits per heavy atom. The topological polar surface area (TPSA) is 144 Å². The molecule has 0 saturated heterocycles. The summed E-state index contributed by atoms with van der Waals surface area (Å²) in [5, 5.41) is 11.8. The Hall–Kier alpha value is -3.73. The Bertz CT molecular complexity index is 1080. The summed E-state index contributed by atoms with van der Waals surface area (Å²) in [5.41, 5.74) is 15.1. The van der Waals surface area contributed by atoms with E-state index in [-0.39, 0.29) is 11.8 Å². The Kier molecular flexibility index (Phi) is 5.36. The van der Waals surface area contributed by atoms with E-state index in [0.29, 0.717) is 23.0 Å². The van der Waals surface area contributed by atoms with E-state index in [1.165, 1.54) is 6.92 Å². The number of fused-ring (bicyclic) bond motifs is 1. The maximum atomic E-state index is 11.9. The summed E-state index contributed by atoms with van der Waals surface area (Å²) in [7, 11) is 0. The fraction of sp³-hybridized carbons (Fsp3) is 0.250. The molecule has 1 aliphatic rings. The van der Waals surface area contributed by atoms with Crippen LogP contribution in [0.2, 0.25) is 0 Å². The van der Waals surface area contributed by atoms with Crippen molar-refractivity contribution in [3.05, 3.63) is 36.3 Å². The van der Waals surface area contributed by atoms with Gasteiger partial charge in [-0.25, -0.2) is 9.97 Å². The van der Waals surface area contributed by atoms with Gasteiger partial charge in [0.25, 0.3) is 0 Å². The molecular weight excluding hydrogens is 354 g/mol. The number of hydrogen-bond donors (Lipinski definition) is 3. The number of nitrogen functional groups attached to an aromatic ring is 2. The lowest BCUT2D eigenvalue weighted by Crippen LogP contribution is -2.14. The highest BCUT2D eigenvalue weighted by molar-refractivity contribution is 5.98. The van der Waals surface area contributed by atoms with Crippen LogP contribution in [0.1, 0.15) is 25.3 Å². The van der Waals surface area contributed by atoms with Crippen molar-refractivity contribution in [1.82, 2.24) is 15.0 Å². The fourth-order valence-corrected chi connectivity index (χ4v) is 2.75. The molecule has 0 spiro atoms. The van der Waals surface area contributed by atoms with Gasteiger partial charge in [-0.1, -0.05) is 0 Å². The fourth-order valence-electron chi connectivity index (χ4n) is 2.75. The van der Waals surface area contributed by atoms with E-state index < -0.39 is 0 Å². The molecule has 3 aromatic rings. The number of carbonyl (C=O) groups excluding carboxylic acids is 1. The van der Waals surface area contributed by atoms with Gasteiger partial charge in [0.1, 0.15) is 11.6 Å². The van der Waals surface area contributed by atoms with Crippen LogP contribution in [-0.2, 0) is 4.79 Å². The van der Waals surface area contributed by atoms with Crippen LogP contribution in [0.15, 0.2) is 30.7 Å². The van der Waals surface area contributed by atoms with E-state index in [1.54, 1.807) is 24.7 Å². The first kappa shape index (κ1) is 19.0.